The van der Waals surface area contributed by atoms with Gasteiger partial charge in [-0.25, -0.2) is 4.79 Å². The van der Waals surface area contributed by atoms with E-state index in [0.29, 0.717) is 5.69 Å². The van der Waals surface area contributed by atoms with Gasteiger partial charge in [0, 0.05) is 12.7 Å². The fourth-order valence-corrected chi connectivity index (χ4v) is 1.90. The largest absolute Gasteiger partial charge is 0.467 e. The molecule has 0 N–H and O–H groups in total. The third kappa shape index (κ3) is 3.07. The fourth-order valence-electron chi connectivity index (χ4n) is 1.70. The summed E-state index contributed by atoms with van der Waals surface area (Å²) in [5.41, 5.74) is 1.77. The number of benzene rings is 1. The quantitative estimate of drug-likeness (QED) is 0.485. The van der Waals surface area contributed by atoms with E-state index in [0.717, 1.165) is 5.56 Å². The summed E-state index contributed by atoms with van der Waals surface area (Å²) in [6.07, 6.45) is 0.163. The minimum atomic E-state index is -1.67. The molecule has 0 saturated carbocycles. The van der Waals surface area contributed by atoms with Crippen molar-refractivity contribution in [1.29, 1.82) is 0 Å². The standard InChI is InChI=1S/C14H18ClNO3/c1-5-14(15,13(18)19-4)12(17)16(3)11-8-6-10(2)7-9-11/h6-9H,5H2,1-4H3. The minimum absolute atomic E-state index is 0.163. The molecule has 0 bridgehead atoms. The minimum Gasteiger partial charge on any atom is -0.467 e. The van der Waals surface area contributed by atoms with Crippen LogP contribution in [0.4, 0.5) is 5.69 Å². The molecule has 5 heteroatoms. The van der Waals surface area contributed by atoms with E-state index in [1.54, 1.807) is 26.1 Å². The molecule has 1 aromatic rings. The fraction of sp³-hybridized carbons (Fsp3) is 0.429. The molecule has 0 spiro atoms. The lowest BCUT2D eigenvalue weighted by Gasteiger charge is -2.27. The number of alkyl halides is 1. The van der Waals surface area contributed by atoms with Gasteiger partial charge >= 0.3 is 5.97 Å². The molecule has 0 aliphatic rings. The number of esters is 1. The van der Waals surface area contributed by atoms with Gasteiger partial charge in [0.15, 0.2) is 0 Å². The highest BCUT2D eigenvalue weighted by Crippen LogP contribution is 2.27. The van der Waals surface area contributed by atoms with E-state index in [9.17, 15) is 9.59 Å². The number of anilines is 1. The molecule has 1 amide bonds. The zero-order chi connectivity index (χ0) is 14.6. The molecule has 4 nitrogen and oxygen atoms in total. The summed E-state index contributed by atoms with van der Waals surface area (Å²) in [6.45, 7) is 3.63. The first-order chi connectivity index (χ1) is 8.86. The molecule has 0 radical (unpaired) electrons. The number of carbonyl (C=O) groups is 2. The van der Waals surface area contributed by atoms with E-state index >= 15 is 0 Å². The van der Waals surface area contributed by atoms with Crippen LogP contribution in [-0.2, 0) is 14.3 Å². The number of amides is 1. The van der Waals surface area contributed by atoms with Crippen molar-refractivity contribution < 1.29 is 14.3 Å². The van der Waals surface area contributed by atoms with Crippen LogP contribution in [0, 0.1) is 6.92 Å². The molecule has 1 atom stereocenters. The molecule has 0 aliphatic carbocycles. The van der Waals surface area contributed by atoms with Gasteiger partial charge in [0.05, 0.1) is 7.11 Å². The Morgan fingerprint density at radius 1 is 1.32 bits per heavy atom. The maximum absolute atomic E-state index is 12.4. The summed E-state index contributed by atoms with van der Waals surface area (Å²) < 4.78 is 4.61. The third-order valence-electron chi connectivity index (χ3n) is 3.06. The van der Waals surface area contributed by atoms with Crippen LogP contribution in [0.25, 0.3) is 0 Å². The predicted octanol–water partition coefficient (Wildman–Crippen LogP) is 2.52. The van der Waals surface area contributed by atoms with Crippen LogP contribution in [0.2, 0.25) is 0 Å². The Labute approximate surface area is 118 Å². The van der Waals surface area contributed by atoms with Gasteiger partial charge in [0.2, 0.25) is 4.87 Å². The molecule has 0 aliphatic heterocycles. The summed E-state index contributed by atoms with van der Waals surface area (Å²) >= 11 is 6.14. The average molecular weight is 284 g/mol. The summed E-state index contributed by atoms with van der Waals surface area (Å²) in [5.74, 6) is -1.23. The van der Waals surface area contributed by atoms with Crippen molar-refractivity contribution in [3.63, 3.8) is 0 Å². The van der Waals surface area contributed by atoms with Crippen molar-refractivity contribution >= 4 is 29.2 Å². The first-order valence-corrected chi connectivity index (χ1v) is 6.36. The smallest absolute Gasteiger partial charge is 0.336 e. The maximum Gasteiger partial charge on any atom is 0.336 e. The first kappa shape index (κ1) is 15.5. The van der Waals surface area contributed by atoms with Gasteiger partial charge in [-0.05, 0) is 25.5 Å². The lowest BCUT2D eigenvalue weighted by molar-refractivity contribution is -0.147. The van der Waals surface area contributed by atoms with Crippen molar-refractivity contribution in [3.8, 4) is 0 Å². The average Bonchev–Trinajstić information content (AvgIpc) is 2.44. The SMILES string of the molecule is CCC(Cl)(C(=O)OC)C(=O)N(C)c1ccc(C)cc1. The van der Waals surface area contributed by atoms with Crippen LogP contribution in [0.5, 0.6) is 0 Å². The van der Waals surface area contributed by atoms with Gasteiger partial charge in [-0.3, -0.25) is 4.79 Å². The Hall–Kier alpha value is -1.55. The maximum atomic E-state index is 12.4. The van der Waals surface area contributed by atoms with Gasteiger partial charge in [0.25, 0.3) is 5.91 Å². The van der Waals surface area contributed by atoms with Crippen LogP contribution >= 0.6 is 11.6 Å². The molecule has 0 fully saturated rings. The summed E-state index contributed by atoms with van der Waals surface area (Å²) in [4.78, 5) is 23.8. The van der Waals surface area contributed by atoms with E-state index < -0.39 is 16.8 Å². The lowest BCUT2D eigenvalue weighted by Crippen LogP contribution is -2.49. The van der Waals surface area contributed by atoms with Gasteiger partial charge in [0.1, 0.15) is 0 Å². The summed E-state index contributed by atoms with van der Waals surface area (Å²) in [5, 5.41) is 0. The molecule has 0 aromatic heterocycles. The highest BCUT2D eigenvalue weighted by atomic mass is 35.5. The Morgan fingerprint density at radius 3 is 2.26 bits per heavy atom. The number of halogens is 1. The molecule has 1 aromatic carbocycles. The number of carbonyl (C=O) groups excluding carboxylic acids is 2. The number of hydrogen-bond acceptors (Lipinski definition) is 3. The number of ether oxygens (including phenoxy) is 1. The number of methoxy groups -OCH3 is 1. The Morgan fingerprint density at radius 2 is 1.84 bits per heavy atom. The molecule has 0 heterocycles. The number of rotatable bonds is 4. The predicted molar refractivity (Wildman–Crippen MR) is 75.5 cm³/mol. The number of hydrogen-bond donors (Lipinski definition) is 0. The topological polar surface area (TPSA) is 46.6 Å². The molecular weight excluding hydrogens is 266 g/mol. The van der Waals surface area contributed by atoms with Gasteiger partial charge in [-0.1, -0.05) is 36.2 Å². The van der Waals surface area contributed by atoms with Crippen LogP contribution in [-0.4, -0.2) is 30.9 Å². The van der Waals surface area contributed by atoms with E-state index in [4.69, 9.17) is 11.6 Å². The molecule has 0 saturated heterocycles. The van der Waals surface area contributed by atoms with Crippen molar-refractivity contribution in [2.24, 2.45) is 0 Å². The molecule has 1 rings (SSSR count). The second-order valence-electron chi connectivity index (χ2n) is 4.35. The molecular formula is C14H18ClNO3. The molecule has 104 valence electrons. The summed E-state index contributed by atoms with van der Waals surface area (Å²) in [6, 6.07) is 7.38. The highest BCUT2D eigenvalue weighted by Gasteiger charge is 2.45. The van der Waals surface area contributed by atoms with E-state index in [2.05, 4.69) is 4.74 Å². The zero-order valence-corrected chi connectivity index (χ0v) is 12.3. The van der Waals surface area contributed by atoms with Gasteiger partial charge in [-0.2, -0.15) is 0 Å². The molecule has 19 heavy (non-hydrogen) atoms. The van der Waals surface area contributed by atoms with Crippen molar-refractivity contribution in [2.45, 2.75) is 25.1 Å². The van der Waals surface area contributed by atoms with Crippen LogP contribution in [0.1, 0.15) is 18.9 Å². The molecule has 1 unspecified atom stereocenters. The van der Waals surface area contributed by atoms with Gasteiger partial charge < -0.3 is 9.64 Å². The van der Waals surface area contributed by atoms with Gasteiger partial charge in [-0.15, -0.1) is 0 Å². The highest BCUT2D eigenvalue weighted by molar-refractivity contribution is 6.47. The lowest BCUT2D eigenvalue weighted by atomic mass is 10.0. The monoisotopic (exact) mass is 283 g/mol. The second kappa shape index (κ2) is 6.06. The van der Waals surface area contributed by atoms with Crippen molar-refractivity contribution in [1.82, 2.24) is 0 Å². The Bertz CT molecular complexity index is 472. The van der Waals surface area contributed by atoms with Crippen LogP contribution < -0.4 is 4.90 Å². The summed E-state index contributed by atoms with van der Waals surface area (Å²) in [7, 11) is 2.80. The van der Waals surface area contributed by atoms with Crippen molar-refractivity contribution in [2.75, 3.05) is 19.1 Å². The van der Waals surface area contributed by atoms with E-state index in [1.165, 1.54) is 12.0 Å². The Balaban J connectivity index is 3.04. The second-order valence-corrected chi connectivity index (χ2v) is 4.99. The van der Waals surface area contributed by atoms with E-state index in [-0.39, 0.29) is 6.42 Å². The number of nitrogens with zero attached hydrogens (tertiary/aromatic N) is 1. The van der Waals surface area contributed by atoms with Crippen LogP contribution in [0.15, 0.2) is 24.3 Å². The van der Waals surface area contributed by atoms with Crippen LogP contribution in [0.3, 0.4) is 0 Å². The number of aryl methyl sites for hydroxylation is 1. The van der Waals surface area contributed by atoms with Crippen molar-refractivity contribution in [3.05, 3.63) is 29.8 Å². The first-order valence-electron chi connectivity index (χ1n) is 5.99. The zero-order valence-electron chi connectivity index (χ0n) is 11.6. The normalized spacial score (nSPS) is 13.5. The van der Waals surface area contributed by atoms with E-state index in [1.807, 2.05) is 19.1 Å². The Kier molecular flexibility index (Phi) is 4.95. The third-order valence-corrected chi connectivity index (χ3v) is 3.64.